The normalized spacial score (nSPS) is 19.9. The first-order valence-corrected chi connectivity index (χ1v) is 8.73. The number of hydrogen-bond donors (Lipinski definition) is 2. The second-order valence-electron chi connectivity index (χ2n) is 7.11. The Labute approximate surface area is 153 Å². The predicted molar refractivity (Wildman–Crippen MR) is 97.6 cm³/mol. The lowest BCUT2D eigenvalue weighted by Crippen LogP contribution is -2.31. The van der Waals surface area contributed by atoms with Gasteiger partial charge in [0, 0.05) is 31.4 Å². The monoisotopic (exact) mass is 375 g/mol. The Morgan fingerprint density at radius 2 is 2.07 bits per heavy atom. The molecule has 1 saturated carbocycles. The Kier molecular flexibility index (Phi) is 4.03. The molecular weight excluding hydrogens is 356 g/mol. The molecule has 1 aliphatic heterocycles. The van der Waals surface area contributed by atoms with Gasteiger partial charge in [0.2, 0.25) is 5.43 Å². The molecule has 8 heteroatoms. The maximum atomic E-state index is 15.5. The van der Waals surface area contributed by atoms with Gasteiger partial charge in [0.25, 0.3) is 0 Å². The molecule has 0 bridgehead atoms. The first kappa shape index (κ1) is 17.7. The number of nitrogens with one attached hydrogen (secondary N) is 1. The van der Waals surface area contributed by atoms with E-state index in [9.17, 15) is 19.1 Å². The van der Waals surface area contributed by atoms with Gasteiger partial charge < -0.3 is 19.9 Å². The fourth-order valence-corrected chi connectivity index (χ4v) is 3.75. The van der Waals surface area contributed by atoms with E-state index in [0.717, 1.165) is 24.5 Å². The number of carboxylic acids is 1. The van der Waals surface area contributed by atoms with E-state index in [1.165, 1.54) is 10.8 Å². The van der Waals surface area contributed by atoms with Crippen molar-refractivity contribution in [1.82, 2.24) is 9.88 Å². The number of likely N-dealkylation sites (N-methyl/N-ethyl adjacent to an activating group) is 1. The third kappa shape index (κ3) is 2.71. The Balaban J connectivity index is 1.97. The number of aromatic carboxylic acids is 1. The van der Waals surface area contributed by atoms with Gasteiger partial charge in [-0.15, -0.1) is 0 Å². The minimum absolute atomic E-state index is 0.0394. The Morgan fingerprint density at radius 3 is 2.63 bits per heavy atom. The molecule has 4 rings (SSSR count). The van der Waals surface area contributed by atoms with Crippen molar-refractivity contribution in [2.75, 3.05) is 25.0 Å². The van der Waals surface area contributed by atoms with Gasteiger partial charge in [0.05, 0.1) is 10.9 Å². The van der Waals surface area contributed by atoms with Crippen LogP contribution in [0.1, 0.15) is 29.2 Å². The molecule has 6 nitrogen and oxygen atoms in total. The van der Waals surface area contributed by atoms with Crippen molar-refractivity contribution in [1.29, 1.82) is 0 Å². The molecule has 27 heavy (non-hydrogen) atoms. The van der Waals surface area contributed by atoms with Crippen LogP contribution in [-0.4, -0.2) is 41.8 Å². The summed E-state index contributed by atoms with van der Waals surface area (Å²) in [5.41, 5.74) is -0.790. The summed E-state index contributed by atoms with van der Waals surface area (Å²) in [4.78, 5) is 25.4. The number of hydrogen-bond acceptors (Lipinski definition) is 4. The van der Waals surface area contributed by atoms with Crippen LogP contribution >= 0.6 is 0 Å². The number of carbonyl (C=O) groups is 1. The molecule has 0 amide bonds. The first-order valence-electron chi connectivity index (χ1n) is 8.73. The van der Waals surface area contributed by atoms with Gasteiger partial charge >= 0.3 is 5.97 Å². The summed E-state index contributed by atoms with van der Waals surface area (Å²) < 4.78 is 31.8. The van der Waals surface area contributed by atoms with E-state index in [2.05, 4.69) is 11.9 Å². The molecule has 2 N–H and O–H groups in total. The number of rotatable bonds is 4. The van der Waals surface area contributed by atoms with Gasteiger partial charge in [0.15, 0.2) is 5.82 Å². The minimum Gasteiger partial charge on any atom is -0.477 e. The summed E-state index contributed by atoms with van der Waals surface area (Å²) >= 11 is 0. The number of carboxylic acid groups (broad SMARTS) is 1. The number of aromatic nitrogens is 1. The highest BCUT2D eigenvalue weighted by Crippen LogP contribution is 2.40. The minimum atomic E-state index is -1.41. The van der Waals surface area contributed by atoms with Gasteiger partial charge in [-0.05, 0) is 31.5 Å². The molecule has 1 saturated heterocycles. The lowest BCUT2D eigenvalue weighted by molar-refractivity contribution is 0.0695. The Hall–Kier alpha value is -2.74. The molecule has 1 unspecified atom stereocenters. The first-order chi connectivity index (χ1) is 12.8. The van der Waals surface area contributed by atoms with Crippen LogP contribution < -0.4 is 15.6 Å². The quantitative estimate of drug-likeness (QED) is 0.802. The predicted octanol–water partition coefficient (Wildman–Crippen LogP) is 2.28. The van der Waals surface area contributed by atoms with Crippen LogP contribution in [-0.2, 0) is 0 Å². The number of anilines is 1. The number of pyridine rings is 1. The van der Waals surface area contributed by atoms with Gasteiger partial charge in [-0.25, -0.2) is 13.6 Å². The smallest absolute Gasteiger partial charge is 0.341 e. The standard InChI is InChI=1S/C19H19F2N3O3/c1-9-6-23(8-14(9)22-2)17-13(20)5-11-16(15(17)21)24(10-3-4-10)7-12(18(11)25)19(26)27/h5,7,10,14,22H,1,3-4,6,8H2,2H3,(H,26,27). The largest absolute Gasteiger partial charge is 0.477 e. The third-order valence-electron chi connectivity index (χ3n) is 5.31. The van der Waals surface area contributed by atoms with Gasteiger partial charge in [-0.2, -0.15) is 0 Å². The van der Waals surface area contributed by atoms with Crippen LogP contribution in [0.25, 0.3) is 10.9 Å². The molecule has 1 aromatic carbocycles. The number of nitrogens with zero attached hydrogens (tertiary/aromatic N) is 2. The second kappa shape index (κ2) is 6.16. The average Bonchev–Trinajstić information content (AvgIpc) is 3.38. The third-order valence-corrected chi connectivity index (χ3v) is 5.31. The molecular formula is C19H19F2N3O3. The van der Waals surface area contributed by atoms with Crippen molar-refractivity contribution in [2.45, 2.75) is 24.9 Å². The van der Waals surface area contributed by atoms with Crippen molar-refractivity contribution in [3.05, 3.63) is 51.8 Å². The lowest BCUT2D eigenvalue weighted by Gasteiger charge is -2.22. The summed E-state index contributed by atoms with van der Waals surface area (Å²) in [5.74, 6) is -3.13. The van der Waals surface area contributed by atoms with E-state index >= 15 is 4.39 Å². The van der Waals surface area contributed by atoms with E-state index < -0.39 is 28.6 Å². The second-order valence-corrected chi connectivity index (χ2v) is 7.11. The maximum absolute atomic E-state index is 15.5. The van der Waals surface area contributed by atoms with E-state index in [1.54, 1.807) is 11.9 Å². The average molecular weight is 375 g/mol. The molecule has 1 atom stereocenters. The fraction of sp³-hybridized carbons (Fsp3) is 0.368. The molecule has 2 heterocycles. The summed E-state index contributed by atoms with van der Waals surface area (Å²) in [7, 11) is 1.75. The molecule has 2 aromatic rings. The van der Waals surface area contributed by atoms with Crippen molar-refractivity contribution in [3.8, 4) is 0 Å². The molecule has 0 radical (unpaired) electrons. The fourth-order valence-electron chi connectivity index (χ4n) is 3.75. The van der Waals surface area contributed by atoms with E-state index in [4.69, 9.17) is 0 Å². The molecule has 0 spiro atoms. The van der Waals surface area contributed by atoms with Gasteiger partial charge in [-0.3, -0.25) is 4.79 Å². The highest BCUT2D eigenvalue weighted by atomic mass is 19.1. The van der Waals surface area contributed by atoms with Crippen molar-refractivity contribution < 1.29 is 18.7 Å². The van der Waals surface area contributed by atoms with E-state index in [1.807, 2.05) is 0 Å². The number of fused-ring (bicyclic) bond motifs is 1. The van der Waals surface area contributed by atoms with Crippen LogP contribution in [0.2, 0.25) is 0 Å². The lowest BCUT2D eigenvalue weighted by atomic mass is 10.1. The zero-order valence-electron chi connectivity index (χ0n) is 14.8. The number of benzene rings is 1. The van der Waals surface area contributed by atoms with Gasteiger partial charge in [0.1, 0.15) is 17.1 Å². The van der Waals surface area contributed by atoms with Crippen molar-refractivity contribution in [2.24, 2.45) is 0 Å². The van der Waals surface area contributed by atoms with Gasteiger partial charge in [-0.1, -0.05) is 6.58 Å². The van der Waals surface area contributed by atoms with E-state index in [-0.39, 0.29) is 28.7 Å². The molecule has 1 aliphatic carbocycles. The van der Waals surface area contributed by atoms with E-state index in [0.29, 0.717) is 13.1 Å². The van der Waals surface area contributed by atoms with Crippen LogP contribution in [0.15, 0.2) is 29.2 Å². The molecule has 1 aromatic heterocycles. The van der Waals surface area contributed by atoms with Crippen LogP contribution in [0, 0.1) is 11.6 Å². The molecule has 142 valence electrons. The number of halogens is 2. The van der Waals surface area contributed by atoms with Crippen molar-refractivity contribution in [3.63, 3.8) is 0 Å². The van der Waals surface area contributed by atoms with Crippen LogP contribution in [0.4, 0.5) is 14.5 Å². The van der Waals surface area contributed by atoms with Crippen molar-refractivity contribution >= 4 is 22.6 Å². The Morgan fingerprint density at radius 1 is 1.37 bits per heavy atom. The zero-order chi connectivity index (χ0) is 19.5. The zero-order valence-corrected chi connectivity index (χ0v) is 14.8. The highest BCUT2D eigenvalue weighted by Gasteiger charge is 2.33. The Bertz CT molecular complexity index is 1040. The topological polar surface area (TPSA) is 74.6 Å². The summed E-state index contributed by atoms with van der Waals surface area (Å²) in [6.07, 6.45) is 2.69. The summed E-state index contributed by atoms with van der Waals surface area (Å²) in [6.45, 7) is 4.59. The van der Waals surface area contributed by atoms with Crippen LogP contribution in [0.3, 0.4) is 0 Å². The summed E-state index contributed by atoms with van der Waals surface area (Å²) in [6, 6.07) is 0.786. The summed E-state index contributed by atoms with van der Waals surface area (Å²) in [5, 5.41) is 12.1. The van der Waals surface area contributed by atoms with Crippen LogP contribution in [0.5, 0.6) is 0 Å². The maximum Gasteiger partial charge on any atom is 0.341 e. The highest BCUT2D eigenvalue weighted by molar-refractivity contribution is 5.94. The molecule has 2 fully saturated rings. The molecule has 2 aliphatic rings. The SMILES string of the molecule is C=C1CN(c2c(F)cc3c(=O)c(C(=O)O)cn(C4CC4)c3c2F)CC1NC.